The fourth-order valence-electron chi connectivity index (χ4n) is 3.74. The molecule has 5 rings (SSSR count). The molecule has 0 bridgehead atoms. The first-order chi connectivity index (χ1) is 15.8. The van der Waals surface area contributed by atoms with Crippen molar-refractivity contribution in [1.29, 1.82) is 0 Å². The Morgan fingerprint density at radius 3 is 2.33 bits per heavy atom. The summed E-state index contributed by atoms with van der Waals surface area (Å²) in [5, 5.41) is 3.31. The maximum absolute atomic E-state index is 14.7. The second-order valence-corrected chi connectivity index (χ2v) is 8.69. The van der Waals surface area contributed by atoms with Gasteiger partial charge in [0.25, 0.3) is 0 Å². The number of halogens is 4. The van der Waals surface area contributed by atoms with Gasteiger partial charge in [-0.2, -0.15) is 0 Å². The van der Waals surface area contributed by atoms with Crippen molar-refractivity contribution in [2.45, 2.75) is 31.1 Å². The maximum atomic E-state index is 14.7. The monoisotopic (exact) mass is 491 g/mol. The summed E-state index contributed by atoms with van der Waals surface area (Å²) in [6.07, 6.45) is 2.01. The minimum absolute atomic E-state index is 0.0349. The molecule has 9 heteroatoms. The molecule has 0 saturated heterocycles. The van der Waals surface area contributed by atoms with Crippen LogP contribution in [0.5, 0.6) is 17.2 Å². The molecule has 1 fully saturated rings. The van der Waals surface area contributed by atoms with Gasteiger partial charge in [-0.15, -0.1) is 0 Å². The molecule has 0 radical (unpaired) electrons. The van der Waals surface area contributed by atoms with Crippen LogP contribution in [-0.4, -0.2) is 12.1 Å². The Kier molecular flexibility index (Phi) is 5.54. The molecular formula is C24H17Cl2F2NO4. The zero-order valence-electron chi connectivity index (χ0n) is 17.0. The quantitative estimate of drug-likeness (QED) is 0.447. The molecule has 1 unspecified atom stereocenters. The van der Waals surface area contributed by atoms with Crippen molar-refractivity contribution in [1.82, 2.24) is 5.32 Å². The molecule has 1 aliphatic heterocycles. The predicted molar refractivity (Wildman–Crippen MR) is 118 cm³/mol. The topological polar surface area (TPSA) is 56.8 Å². The zero-order valence-corrected chi connectivity index (χ0v) is 18.6. The lowest BCUT2D eigenvalue weighted by molar-refractivity contribution is -0.0459. The van der Waals surface area contributed by atoms with Crippen LogP contribution in [-0.2, 0) is 5.79 Å². The van der Waals surface area contributed by atoms with Crippen LogP contribution >= 0.6 is 23.2 Å². The predicted octanol–water partition coefficient (Wildman–Crippen LogP) is 6.59. The van der Waals surface area contributed by atoms with Crippen LogP contribution in [0.2, 0.25) is 10.0 Å². The third-order valence-electron chi connectivity index (χ3n) is 5.65. The Morgan fingerprint density at radius 1 is 1.00 bits per heavy atom. The Morgan fingerprint density at radius 2 is 1.70 bits per heavy atom. The lowest BCUT2D eigenvalue weighted by Gasteiger charge is -2.29. The maximum Gasteiger partial charge on any atom is 0.412 e. The lowest BCUT2D eigenvalue weighted by atomic mass is 9.93. The molecule has 3 aromatic carbocycles. The summed E-state index contributed by atoms with van der Waals surface area (Å²) in [4.78, 5) is 12.1. The normalized spacial score (nSPS) is 19.2. The first-order valence-electron chi connectivity index (χ1n) is 10.3. The summed E-state index contributed by atoms with van der Waals surface area (Å²) in [5.74, 6) is -3.03. The molecule has 170 valence electrons. The van der Waals surface area contributed by atoms with Gasteiger partial charge in [0.1, 0.15) is 5.82 Å². The number of nitrogens with one attached hydrogen (secondary N) is 1. The number of hydrogen-bond donors (Lipinski definition) is 1. The molecule has 1 atom stereocenters. The number of amides is 1. The second kappa shape index (κ2) is 8.39. The number of ether oxygens (including phenoxy) is 3. The van der Waals surface area contributed by atoms with E-state index in [9.17, 15) is 13.6 Å². The molecule has 1 N–H and O–H groups in total. The Hall–Kier alpha value is -3.03. The van der Waals surface area contributed by atoms with E-state index in [1.54, 1.807) is 12.1 Å². The van der Waals surface area contributed by atoms with E-state index in [1.165, 1.54) is 36.4 Å². The Bertz CT molecular complexity index is 1230. The van der Waals surface area contributed by atoms with Gasteiger partial charge in [-0.05, 0) is 61.7 Å². The zero-order chi connectivity index (χ0) is 23.2. The van der Waals surface area contributed by atoms with Gasteiger partial charge in [0, 0.05) is 28.8 Å². The van der Waals surface area contributed by atoms with Gasteiger partial charge < -0.3 is 19.5 Å². The summed E-state index contributed by atoms with van der Waals surface area (Å²) < 4.78 is 45.8. The van der Waals surface area contributed by atoms with Crippen molar-refractivity contribution in [2.24, 2.45) is 0 Å². The van der Waals surface area contributed by atoms with Gasteiger partial charge in [0.2, 0.25) is 0 Å². The van der Waals surface area contributed by atoms with Crippen LogP contribution < -0.4 is 19.5 Å². The molecule has 0 spiro atoms. The summed E-state index contributed by atoms with van der Waals surface area (Å²) >= 11 is 12.5. The molecule has 1 amide bonds. The van der Waals surface area contributed by atoms with E-state index in [-0.39, 0.29) is 28.3 Å². The Labute approximate surface area is 198 Å². The SMILES string of the molecule is O=C(NC1CCC1)Oc1cc2c(cc1F)OC(c1ccc(F)cc1)(c1ccc(Cl)cc1Cl)O2. The highest BCUT2D eigenvalue weighted by Gasteiger charge is 2.47. The van der Waals surface area contributed by atoms with Crippen LogP contribution in [0, 0.1) is 11.6 Å². The van der Waals surface area contributed by atoms with Gasteiger partial charge in [-0.3, -0.25) is 0 Å². The van der Waals surface area contributed by atoms with Gasteiger partial charge in [0.15, 0.2) is 23.1 Å². The first-order valence-corrected chi connectivity index (χ1v) is 11.0. The number of hydrogen-bond acceptors (Lipinski definition) is 4. The van der Waals surface area contributed by atoms with Crippen LogP contribution in [0.1, 0.15) is 30.4 Å². The van der Waals surface area contributed by atoms with Crippen molar-refractivity contribution in [3.8, 4) is 17.2 Å². The molecule has 33 heavy (non-hydrogen) atoms. The van der Waals surface area contributed by atoms with Gasteiger partial charge in [-0.25, -0.2) is 13.6 Å². The fraction of sp³-hybridized carbons (Fsp3) is 0.208. The number of carbonyl (C=O) groups excluding carboxylic acids is 1. The van der Waals surface area contributed by atoms with Gasteiger partial charge in [-0.1, -0.05) is 23.2 Å². The summed E-state index contributed by atoms with van der Waals surface area (Å²) in [7, 11) is 0. The van der Waals surface area contributed by atoms with E-state index in [0.29, 0.717) is 16.1 Å². The third kappa shape index (κ3) is 4.07. The highest BCUT2D eigenvalue weighted by Crippen LogP contribution is 2.51. The van der Waals surface area contributed by atoms with Gasteiger partial charge >= 0.3 is 11.9 Å². The van der Waals surface area contributed by atoms with Gasteiger partial charge in [0.05, 0.1) is 10.6 Å². The molecule has 2 aliphatic rings. The van der Waals surface area contributed by atoms with Crippen molar-refractivity contribution in [3.63, 3.8) is 0 Å². The molecule has 0 aromatic heterocycles. The average molecular weight is 492 g/mol. The van der Waals surface area contributed by atoms with Crippen molar-refractivity contribution >= 4 is 29.3 Å². The van der Waals surface area contributed by atoms with E-state index in [1.807, 2.05) is 0 Å². The largest absolute Gasteiger partial charge is 0.440 e. The highest BCUT2D eigenvalue weighted by molar-refractivity contribution is 6.35. The van der Waals surface area contributed by atoms with Crippen LogP contribution in [0.15, 0.2) is 54.6 Å². The van der Waals surface area contributed by atoms with E-state index < -0.39 is 23.5 Å². The smallest absolute Gasteiger partial charge is 0.412 e. The molecule has 5 nitrogen and oxygen atoms in total. The van der Waals surface area contributed by atoms with Crippen LogP contribution in [0.4, 0.5) is 13.6 Å². The van der Waals surface area contributed by atoms with E-state index >= 15 is 0 Å². The van der Waals surface area contributed by atoms with Crippen LogP contribution in [0.3, 0.4) is 0 Å². The molecular weight excluding hydrogens is 475 g/mol. The highest BCUT2D eigenvalue weighted by atomic mass is 35.5. The molecule has 3 aromatic rings. The lowest BCUT2D eigenvalue weighted by Crippen LogP contribution is -2.41. The number of fused-ring (bicyclic) bond motifs is 1. The minimum atomic E-state index is -1.64. The number of benzene rings is 3. The average Bonchev–Trinajstić information content (AvgIpc) is 3.10. The Balaban J connectivity index is 1.52. The fourth-order valence-corrected chi connectivity index (χ4v) is 4.28. The first kappa shape index (κ1) is 21.8. The number of rotatable bonds is 4. The summed E-state index contributed by atoms with van der Waals surface area (Å²) in [6.45, 7) is 0. The van der Waals surface area contributed by atoms with E-state index in [2.05, 4.69) is 5.32 Å². The minimum Gasteiger partial charge on any atom is -0.440 e. The standard InChI is InChI=1S/C24H17Cl2F2NO4/c25-14-6-9-17(18(26)10-14)24(13-4-7-15(27)8-5-13)32-21-11-19(28)20(12-22(21)33-24)31-23(30)29-16-2-1-3-16/h4-12,16H,1-3H2,(H,29,30). The van der Waals surface area contributed by atoms with Crippen molar-refractivity contribution < 1.29 is 27.8 Å². The molecule has 1 heterocycles. The van der Waals surface area contributed by atoms with Crippen molar-refractivity contribution in [3.05, 3.63) is 87.4 Å². The van der Waals surface area contributed by atoms with E-state index in [0.717, 1.165) is 25.3 Å². The summed E-state index contributed by atoms with van der Waals surface area (Å²) in [6, 6.07) is 12.5. The van der Waals surface area contributed by atoms with E-state index in [4.69, 9.17) is 37.4 Å². The van der Waals surface area contributed by atoms with Crippen LogP contribution in [0.25, 0.3) is 0 Å². The second-order valence-electron chi connectivity index (χ2n) is 7.84. The summed E-state index contributed by atoms with van der Waals surface area (Å²) in [5.41, 5.74) is 0.789. The van der Waals surface area contributed by atoms with Crippen molar-refractivity contribution in [2.75, 3.05) is 0 Å². The molecule has 1 aliphatic carbocycles. The third-order valence-corrected chi connectivity index (χ3v) is 6.19. The number of carbonyl (C=O) groups is 1. The molecule has 1 saturated carbocycles.